The van der Waals surface area contributed by atoms with Crippen molar-refractivity contribution in [3.8, 4) is 84.7 Å². The molecule has 2 aromatic heterocycles. The van der Waals surface area contributed by atoms with E-state index in [-0.39, 0.29) is 0 Å². The molecule has 266 valence electrons. The first-order valence-corrected chi connectivity index (χ1v) is 18.8. The van der Waals surface area contributed by atoms with Crippen LogP contribution in [0.3, 0.4) is 0 Å². The highest BCUT2D eigenvalue weighted by Gasteiger charge is 2.17. The maximum Gasteiger partial charge on any atom is 0.164 e. The van der Waals surface area contributed by atoms with Gasteiger partial charge >= 0.3 is 0 Å². The maximum absolute atomic E-state index is 9.48. The van der Waals surface area contributed by atoms with Gasteiger partial charge in [-0.2, -0.15) is 5.26 Å². The number of fused-ring (bicyclic) bond motifs is 3. The van der Waals surface area contributed by atoms with Crippen LogP contribution in [0.1, 0.15) is 5.56 Å². The van der Waals surface area contributed by atoms with Crippen molar-refractivity contribution in [1.82, 2.24) is 15.0 Å². The minimum Gasteiger partial charge on any atom is -0.456 e. The van der Waals surface area contributed by atoms with E-state index in [1.807, 2.05) is 84.9 Å². The minimum absolute atomic E-state index is 0.553. The topological polar surface area (TPSA) is 75.6 Å². The van der Waals surface area contributed by atoms with Crippen LogP contribution in [0, 0.1) is 11.3 Å². The zero-order valence-corrected chi connectivity index (χ0v) is 30.7. The zero-order valence-electron chi connectivity index (χ0n) is 30.7. The number of benzene rings is 8. The Morgan fingerprint density at radius 3 is 1.49 bits per heavy atom. The molecule has 0 aliphatic heterocycles. The fraction of sp³-hybridized carbons (Fsp3) is 0. The van der Waals surface area contributed by atoms with Crippen LogP contribution in [0.5, 0.6) is 0 Å². The third kappa shape index (κ3) is 6.52. The van der Waals surface area contributed by atoms with Crippen molar-refractivity contribution < 1.29 is 4.42 Å². The molecule has 0 fully saturated rings. The monoisotopic (exact) mass is 728 g/mol. The minimum atomic E-state index is 0.553. The van der Waals surface area contributed by atoms with Crippen LogP contribution in [-0.4, -0.2) is 15.0 Å². The predicted octanol–water partition coefficient (Wildman–Crippen LogP) is 13.3. The molecule has 10 rings (SSSR count). The summed E-state index contributed by atoms with van der Waals surface area (Å²) in [6, 6.07) is 68.1. The van der Waals surface area contributed by atoms with Gasteiger partial charge in [0.15, 0.2) is 17.5 Å². The third-order valence-corrected chi connectivity index (χ3v) is 10.4. The van der Waals surface area contributed by atoms with Gasteiger partial charge in [0, 0.05) is 27.5 Å². The summed E-state index contributed by atoms with van der Waals surface area (Å²) >= 11 is 0. The molecule has 2 heterocycles. The molecule has 0 unspecified atom stereocenters. The summed E-state index contributed by atoms with van der Waals surface area (Å²) in [6.07, 6.45) is 0. The Kier molecular flexibility index (Phi) is 8.48. The normalized spacial score (nSPS) is 11.1. The van der Waals surface area contributed by atoms with E-state index in [1.54, 1.807) is 0 Å². The van der Waals surface area contributed by atoms with Crippen LogP contribution < -0.4 is 0 Å². The lowest BCUT2D eigenvalue weighted by Gasteiger charge is -2.11. The fourth-order valence-corrected chi connectivity index (χ4v) is 7.51. The van der Waals surface area contributed by atoms with E-state index in [0.29, 0.717) is 23.0 Å². The second-order valence-corrected chi connectivity index (χ2v) is 14.0. The van der Waals surface area contributed by atoms with Gasteiger partial charge in [-0.1, -0.05) is 152 Å². The summed E-state index contributed by atoms with van der Waals surface area (Å²) in [5.74, 6) is 1.70. The molecule has 5 heteroatoms. The van der Waals surface area contributed by atoms with E-state index in [4.69, 9.17) is 19.4 Å². The molecule has 5 nitrogen and oxygen atoms in total. The van der Waals surface area contributed by atoms with Crippen molar-refractivity contribution in [2.45, 2.75) is 0 Å². The Morgan fingerprint density at radius 1 is 0.351 bits per heavy atom. The SMILES string of the molecule is N#Cc1cccc(-c2cccc(-c3cccc(-c4nc(-c5ccc(-c6ccccc6)cc5)nc(-c5ccc6c(c5)oc5cccc(-c7ccccc7)c56)n4)c3)c2)c1. The zero-order chi connectivity index (χ0) is 38.1. The number of hydrogen-bond acceptors (Lipinski definition) is 5. The third-order valence-electron chi connectivity index (χ3n) is 10.4. The lowest BCUT2D eigenvalue weighted by molar-refractivity contribution is 0.669. The van der Waals surface area contributed by atoms with Crippen LogP contribution in [0.2, 0.25) is 0 Å². The summed E-state index contributed by atoms with van der Waals surface area (Å²) in [4.78, 5) is 15.3. The number of nitriles is 1. The molecule has 0 atom stereocenters. The van der Waals surface area contributed by atoms with Crippen molar-refractivity contribution in [2.75, 3.05) is 0 Å². The van der Waals surface area contributed by atoms with Gasteiger partial charge in [0.05, 0.1) is 11.6 Å². The van der Waals surface area contributed by atoms with Crippen molar-refractivity contribution >= 4 is 21.9 Å². The highest BCUT2D eigenvalue weighted by molar-refractivity contribution is 6.13. The molecule has 0 amide bonds. The fourth-order valence-electron chi connectivity index (χ4n) is 7.51. The molecule has 0 aliphatic rings. The second kappa shape index (κ2) is 14.4. The molecule has 0 N–H and O–H groups in total. The first kappa shape index (κ1) is 33.6. The van der Waals surface area contributed by atoms with Gasteiger partial charge in [0.2, 0.25) is 0 Å². The predicted molar refractivity (Wildman–Crippen MR) is 230 cm³/mol. The summed E-state index contributed by atoms with van der Waals surface area (Å²) in [6.45, 7) is 0. The first-order chi connectivity index (χ1) is 28.2. The van der Waals surface area contributed by atoms with Gasteiger partial charge in [0.1, 0.15) is 11.2 Å². The van der Waals surface area contributed by atoms with Crippen LogP contribution in [0.4, 0.5) is 0 Å². The quantitative estimate of drug-likeness (QED) is 0.163. The Labute approximate surface area is 329 Å². The number of aromatic nitrogens is 3. The Balaban J connectivity index is 1.09. The highest BCUT2D eigenvalue weighted by atomic mass is 16.3. The van der Waals surface area contributed by atoms with E-state index in [9.17, 15) is 5.26 Å². The van der Waals surface area contributed by atoms with E-state index in [1.165, 1.54) is 0 Å². The molecular weight excluding hydrogens is 697 g/mol. The number of hydrogen-bond donors (Lipinski definition) is 0. The molecule has 8 aromatic carbocycles. The van der Waals surface area contributed by atoms with E-state index < -0.39 is 0 Å². The van der Waals surface area contributed by atoms with Crippen LogP contribution >= 0.6 is 0 Å². The van der Waals surface area contributed by atoms with Gasteiger partial charge in [-0.3, -0.25) is 0 Å². The Hall–Kier alpha value is -7.94. The first-order valence-electron chi connectivity index (χ1n) is 18.8. The average Bonchev–Trinajstić information content (AvgIpc) is 3.68. The molecule has 10 aromatic rings. The number of furan rings is 1. The van der Waals surface area contributed by atoms with Crippen LogP contribution in [0.25, 0.3) is 101 Å². The van der Waals surface area contributed by atoms with E-state index in [2.05, 4.69) is 115 Å². The van der Waals surface area contributed by atoms with Gasteiger partial charge < -0.3 is 4.42 Å². The highest BCUT2D eigenvalue weighted by Crippen LogP contribution is 2.38. The summed E-state index contributed by atoms with van der Waals surface area (Å²) in [5.41, 5.74) is 13.5. The van der Waals surface area contributed by atoms with Gasteiger partial charge in [-0.15, -0.1) is 0 Å². The molecule has 0 radical (unpaired) electrons. The lowest BCUT2D eigenvalue weighted by atomic mass is 9.97. The number of nitrogens with zero attached hydrogens (tertiary/aromatic N) is 4. The van der Waals surface area contributed by atoms with Gasteiger partial charge in [-0.05, 0) is 87.0 Å². The lowest BCUT2D eigenvalue weighted by Crippen LogP contribution is -2.00. The van der Waals surface area contributed by atoms with Crippen molar-refractivity contribution in [1.29, 1.82) is 5.26 Å². The van der Waals surface area contributed by atoms with Crippen molar-refractivity contribution in [2.24, 2.45) is 0 Å². The molecule has 0 spiro atoms. The summed E-state index contributed by atoms with van der Waals surface area (Å²) in [7, 11) is 0. The van der Waals surface area contributed by atoms with Crippen molar-refractivity contribution in [3.05, 3.63) is 200 Å². The molecule has 0 saturated carbocycles. The standard InChI is InChI=1S/C52H32N4O/c53-33-34-11-7-16-39(29-34)40-17-8-18-41(30-40)42-19-9-20-43(31-42)51-54-50(38-25-23-36(24-26-38)35-12-3-1-4-13-35)55-52(56-51)44-27-28-46-48(32-44)57-47-22-10-21-45(49(46)47)37-14-5-2-6-15-37/h1-32H. The van der Waals surface area contributed by atoms with Gasteiger partial charge in [0.25, 0.3) is 0 Å². The molecular formula is C52H32N4O. The number of rotatable bonds is 7. The molecule has 0 saturated heterocycles. The van der Waals surface area contributed by atoms with Gasteiger partial charge in [-0.25, -0.2) is 15.0 Å². The largest absolute Gasteiger partial charge is 0.456 e. The second-order valence-electron chi connectivity index (χ2n) is 14.0. The summed E-state index contributed by atoms with van der Waals surface area (Å²) in [5, 5.41) is 11.6. The smallest absolute Gasteiger partial charge is 0.164 e. The van der Waals surface area contributed by atoms with Crippen LogP contribution in [0.15, 0.2) is 199 Å². The molecule has 57 heavy (non-hydrogen) atoms. The van der Waals surface area contributed by atoms with E-state index >= 15 is 0 Å². The van der Waals surface area contributed by atoms with Crippen LogP contribution in [-0.2, 0) is 0 Å². The molecule has 0 bridgehead atoms. The molecule has 0 aliphatic carbocycles. The average molecular weight is 729 g/mol. The maximum atomic E-state index is 9.48. The van der Waals surface area contributed by atoms with Crippen molar-refractivity contribution in [3.63, 3.8) is 0 Å². The van der Waals surface area contributed by atoms with E-state index in [0.717, 1.165) is 83.1 Å². The Bertz CT molecular complexity index is 3130. The Morgan fingerprint density at radius 2 is 0.825 bits per heavy atom. The summed E-state index contributed by atoms with van der Waals surface area (Å²) < 4.78 is 6.49.